The minimum absolute atomic E-state index is 0.141. The van der Waals surface area contributed by atoms with E-state index in [0.717, 1.165) is 17.0 Å². The lowest BCUT2D eigenvalue weighted by atomic mass is 10.1. The molecule has 0 bridgehead atoms. The molecule has 168 valence electrons. The second-order valence-corrected chi connectivity index (χ2v) is 8.63. The number of thiazole rings is 1. The normalized spacial score (nSPS) is 11.1. The van der Waals surface area contributed by atoms with Crippen molar-refractivity contribution in [2.75, 3.05) is 0 Å². The summed E-state index contributed by atoms with van der Waals surface area (Å²) in [5, 5.41) is 7.48. The average molecular weight is 465 g/mol. The third-order valence-corrected chi connectivity index (χ3v) is 5.83. The van der Waals surface area contributed by atoms with Crippen LogP contribution in [0.15, 0.2) is 53.6 Å². The Morgan fingerprint density at radius 1 is 1.12 bits per heavy atom. The highest BCUT2D eigenvalue weighted by Crippen LogP contribution is 2.35. The molecule has 10 heteroatoms. The molecule has 8 nitrogen and oxygen atoms in total. The SMILES string of the molecule is Cc1cnc(CNC(=O)c2nc(-c3ccc(F)cc3)c(-c3ccc(=O)n(C(C)C)n3)s2)cn1. The molecule has 0 fully saturated rings. The van der Waals surface area contributed by atoms with Gasteiger partial charge in [-0.15, -0.1) is 11.3 Å². The Hall–Kier alpha value is -3.79. The largest absolute Gasteiger partial charge is 0.344 e. The first kappa shape index (κ1) is 22.4. The van der Waals surface area contributed by atoms with Gasteiger partial charge in [0.25, 0.3) is 11.5 Å². The fraction of sp³-hybridized carbons (Fsp3) is 0.217. The fourth-order valence-electron chi connectivity index (χ4n) is 3.07. The summed E-state index contributed by atoms with van der Waals surface area (Å²) in [5.41, 5.74) is 2.81. The van der Waals surface area contributed by atoms with E-state index >= 15 is 0 Å². The second-order valence-electron chi connectivity index (χ2n) is 7.63. The Morgan fingerprint density at radius 2 is 1.88 bits per heavy atom. The first-order valence-corrected chi connectivity index (χ1v) is 11.1. The highest BCUT2D eigenvalue weighted by Gasteiger charge is 2.21. The molecule has 3 heterocycles. The van der Waals surface area contributed by atoms with Gasteiger partial charge in [0.05, 0.1) is 40.7 Å². The number of aryl methyl sites for hydroxylation is 1. The molecule has 0 unspecified atom stereocenters. The van der Waals surface area contributed by atoms with Crippen LogP contribution in [0.4, 0.5) is 4.39 Å². The predicted molar refractivity (Wildman–Crippen MR) is 123 cm³/mol. The number of halogens is 1. The van der Waals surface area contributed by atoms with Crippen LogP contribution in [0, 0.1) is 12.7 Å². The molecule has 1 N–H and O–H groups in total. The Balaban J connectivity index is 1.71. The summed E-state index contributed by atoms with van der Waals surface area (Å²) < 4.78 is 14.9. The van der Waals surface area contributed by atoms with Crippen molar-refractivity contribution in [1.82, 2.24) is 30.0 Å². The van der Waals surface area contributed by atoms with E-state index in [9.17, 15) is 14.0 Å². The molecule has 4 aromatic rings. The standard InChI is InChI=1S/C23H21FN6O2S/c1-13(2)30-19(31)9-8-18(29-30)21-20(15-4-6-16(24)7-5-15)28-23(33-21)22(32)27-12-17-11-25-14(3)10-26-17/h4-11,13H,12H2,1-3H3,(H,27,32). The molecule has 4 rings (SSSR count). The molecule has 1 amide bonds. The van der Waals surface area contributed by atoms with E-state index < -0.39 is 0 Å². The first-order chi connectivity index (χ1) is 15.8. The number of hydrogen-bond donors (Lipinski definition) is 1. The van der Waals surface area contributed by atoms with E-state index in [0.29, 0.717) is 27.5 Å². The summed E-state index contributed by atoms with van der Waals surface area (Å²) >= 11 is 1.15. The van der Waals surface area contributed by atoms with E-state index in [-0.39, 0.29) is 34.9 Å². The lowest BCUT2D eigenvalue weighted by molar-refractivity contribution is 0.0950. The molecule has 1 aromatic carbocycles. The van der Waals surface area contributed by atoms with Crippen molar-refractivity contribution in [2.24, 2.45) is 0 Å². The first-order valence-electron chi connectivity index (χ1n) is 10.2. The number of hydrogen-bond acceptors (Lipinski definition) is 7. The second kappa shape index (κ2) is 9.37. The number of amides is 1. The number of carbonyl (C=O) groups is 1. The van der Waals surface area contributed by atoms with Gasteiger partial charge in [-0.25, -0.2) is 14.1 Å². The van der Waals surface area contributed by atoms with Crippen LogP contribution in [0.5, 0.6) is 0 Å². The van der Waals surface area contributed by atoms with Gasteiger partial charge in [-0.2, -0.15) is 5.10 Å². The van der Waals surface area contributed by atoms with Crippen LogP contribution < -0.4 is 10.9 Å². The lowest BCUT2D eigenvalue weighted by Crippen LogP contribution is -2.23. The van der Waals surface area contributed by atoms with Gasteiger partial charge in [-0.05, 0) is 51.1 Å². The van der Waals surface area contributed by atoms with Gasteiger partial charge in [0.1, 0.15) is 11.5 Å². The van der Waals surface area contributed by atoms with E-state index in [1.807, 2.05) is 20.8 Å². The van der Waals surface area contributed by atoms with E-state index in [1.165, 1.54) is 22.9 Å². The molecule has 3 aromatic heterocycles. The zero-order chi connectivity index (χ0) is 23.5. The van der Waals surface area contributed by atoms with Gasteiger partial charge < -0.3 is 5.32 Å². The Morgan fingerprint density at radius 3 is 2.55 bits per heavy atom. The van der Waals surface area contributed by atoms with Gasteiger partial charge in [-0.3, -0.25) is 19.6 Å². The van der Waals surface area contributed by atoms with E-state index in [4.69, 9.17) is 0 Å². The van der Waals surface area contributed by atoms with Crippen LogP contribution in [0.2, 0.25) is 0 Å². The number of nitrogens with zero attached hydrogens (tertiary/aromatic N) is 5. The highest BCUT2D eigenvalue weighted by molar-refractivity contribution is 7.17. The molecule has 0 aliphatic rings. The van der Waals surface area contributed by atoms with Crippen LogP contribution >= 0.6 is 11.3 Å². The molecule has 33 heavy (non-hydrogen) atoms. The quantitative estimate of drug-likeness (QED) is 0.466. The van der Waals surface area contributed by atoms with Crippen LogP contribution in [-0.4, -0.2) is 30.6 Å². The van der Waals surface area contributed by atoms with Gasteiger partial charge in [0, 0.05) is 17.8 Å². The number of carbonyl (C=O) groups excluding carboxylic acids is 1. The highest BCUT2D eigenvalue weighted by atomic mass is 32.1. The topological polar surface area (TPSA) is 103 Å². The Bertz CT molecular complexity index is 1350. The summed E-state index contributed by atoms with van der Waals surface area (Å²) in [5.74, 6) is -0.756. The zero-order valence-corrected chi connectivity index (χ0v) is 19.1. The minimum atomic E-state index is -0.380. The van der Waals surface area contributed by atoms with Crippen molar-refractivity contribution in [3.63, 3.8) is 0 Å². The molecular weight excluding hydrogens is 443 g/mol. The maximum atomic E-state index is 13.5. The molecule has 0 aliphatic carbocycles. The van der Waals surface area contributed by atoms with Crippen LogP contribution in [0.25, 0.3) is 21.8 Å². The molecule has 0 atom stereocenters. The van der Waals surface area contributed by atoms with Crippen molar-refractivity contribution < 1.29 is 9.18 Å². The van der Waals surface area contributed by atoms with E-state index in [2.05, 4.69) is 25.4 Å². The number of aromatic nitrogens is 5. The van der Waals surface area contributed by atoms with Crippen LogP contribution in [0.1, 0.15) is 41.1 Å². The van der Waals surface area contributed by atoms with Crippen LogP contribution in [-0.2, 0) is 6.54 Å². The fourth-order valence-corrected chi connectivity index (χ4v) is 4.04. The lowest BCUT2D eigenvalue weighted by Gasteiger charge is -2.09. The molecule has 0 radical (unpaired) electrons. The third kappa shape index (κ3) is 5.01. The van der Waals surface area contributed by atoms with Crippen LogP contribution in [0.3, 0.4) is 0 Å². The monoisotopic (exact) mass is 464 g/mol. The van der Waals surface area contributed by atoms with E-state index in [1.54, 1.807) is 30.6 Å². The summed E-state index contributed by atoms with van der Waals surface area (Å²) in [6, 6.07) is 8.75. The maximum Gasteiger partial charge on any atom is 0.280 e. The summed E-state index contributed by atoms with van der Waals surface area (Å²) in [6.07, 6.45) is 3.23. The minimum Gasteiger partial charge on any atom is -0.344 e. The molecule has 0 aliphatic heterocycles. The van der Waals surface area contributed by atoms with Gasteiger partial charge in [-0.1, -0.05) is 0 Å². The third-order valence-electron chi connectivity index (χ3n) is 4.75. The average Bonchev–Trinajstić information content (AvgIpc) is 3.25. The maximum absolute atomic E-state index is 13.5. The summed E-state index contributed by atoms with van der Waals surface area (Å²) in [6.45, 7) is 5.75. The van der Waals surface area contributed by atoms with Gasteiger partial charge in [0.15, 0.2) is 5.01 Å². The van der Waals surface area contributed by atoms with Crippen molar-refractivity contribution >= 4 is 17.2 Å². The summed E-state index contributed by atoms with van der Waals surface area (Å²) in [7, 11) is 0. The van der Waals surface area contributed by atoms with Gasteiger partial charge in [0.2, 0.25) is 0 Å². The van der Waals surface area contributed by atoms with Gasteiger partial charge >= 0.3 is 0 Å². The molecule has 0 saturated carbocycles. The molecular formula is C23H21FN6O2S. The molecule has 0 saturated heterocycles. The number of benzene rings is 1. The summed E-state index contributed by atoms with van der Waals surface area (Å²) in [4.78, 5) is 38.6. The smallest absolute Gasteiger partial charge is 0.280 e. The predicted octanol–water partition coefficient (Wildman–Crippen LogP) is 3.78. The molecule has 0 spiro atoms. The van der Waals surface area contributed by atoms with Crippen molar-refractivity contribution in [3.05, 3.63) is 81.4 Å². The van der Waals surface area contributed by atoms with Crippen molar-refractivity contribution in [3.8, 4) is 21.8 Å². The number of rotatable bonds is 6. The number of nitrogens with one attached hydrogen (secondary N) is 1. The zero-order valence-electron chi connectivity index (χ0n) is 18.2. The van der Waals surface area contributed by atoms with Crippen molar-refractivity contribution in [2.45, 2.75) is 33.4 Å². The Kier molecular flexibility index (Phi) is 6.36. The van der Waals surface area contributed by atoms with Crippen molar-refractivity contribution in [1.29, 1.82) is 0 Å². The Labute approximate surface area is 193 Å².